The molecule has 2 nitrogen and oxygen atoms in total. The van der Waals surface area contributed by atoms with Crippen LogP contribution in [0.5, 0.6) is 11.5 Å². The number of ether oxygens (including phenoxy) is 2. The molecule has 0 aliphatic heterocycles. The Morgan fingerprint density at radius 3 is 2.48 bits per heavy atom. The van der Waals surface area contributed by atoms with Gasteiger partial charge in [0.05, 0.1) is 7.11 Å². The molecule has 0 aliphatic carbocycles. The molecular weight excluding hydrogens is 281 g/mol. The van der Waals surface area contributed by atoms with Gasteiger partial charge in [0.25, 0.3) is 0 Å². The van der Waals surface area contributed by atoms with Gasteiger partial charge in [0, 0.05) is 5.56 Å². The Bertz CT molecular complexity index is 648. The van der Waals surface area contributed by atoms with E-state index in [2.05, 4.69) is 11.3 Å². The standard InChI is InChI=1S/C16H13F3O2/c1-3-11-7-8-15(21-16(17,18)19)14(9-11)12-5-4-6-13(10-12)20-2/h3-10H,1H2,2H3. The highest BCUT2D eigenvalue weighted by Crippen LogP contribution is 2.36. The maximum atomic E-state index is 12.5. The Labute approximate surface area is 120 Å². The van der Waals surface area contributed by atoms with Gasteiger partial charge in [-0.2, -0.15) is 0 Å². The van der Waals surface area contributed by atoms with E-state index in [1.807, 2.05) is 0 Å². The summed E-state index contributed by atoms with van der Waals surface area (Å²) in [6, 6.07) is 11.1. The van der Waals surface area contributed by atoms with E-state index in [-0.39, 0.29) is 5.75 Å². The Morgan fingerprint density at radius 1 is 1.10 bits per heavy atom. The summed E-state index contributed by atoms with van der Waals surface area (Å²) >= 11 is 0. The fourth-order valence-electron chi connectivity index (χ4n) is 1.90. The van der Waals surface area contributed by atoms with Gasteiger partial charge in [-0.3, -0.25) is 0 Å². The Kier molecular flexibility index (Phi) is 4.21. The zero-order valence-electron chi connectivity index (χ0n) is 11.3. The van der Waals surface area contributed by atoms with E-state index >= 15 is 0 Å². The zero-order valence-corrected chi connectivity index (χ0v) is 11.3. The molecule has 0 unspecified atom stereocenters. The molecule has 0 fully saturated rings. The van der Waals surface area contributed by atoms with E-state index in [1.54, 1.807) is 36.4 Å². The summed E-state index contributed by atoms with van der Waals surface area (Å²) in [4.78, 5) is 0. The van der Waals surface area contributed by atoms with Gasteiger partial charge in [0.2, 0.25) is 0 Å². The molecule has 0 amide bonds. The molecular formula is C16H13F3O2. The van der Waals surface area contributed by atoms with Crippen molar-refractivity contribution in [2.45, 2.75) is 6.36 Å². The molecule has 0 saturated carbocycles. The van der Waals surface area contributed by atoms with Gasteiger partial charge in [-0.05, 0) is 35.4 Å². The van der Waals surface area contributed by atoms with E-state index in [0.29, 0.717) is 22.4 Å². The third kappa shape index (κ3) is 3.78. The molecule has 0 bridgehead atoms. The van der Waals surface area contributed by atoms with Crippen molar-refractivity contribution >= 4 is 6.08 Å². The monoisotopic (exact) mass is 294 g/mol. The lowest BCUT2D eigenvalue weighted by Gasteiger charge is -2.14. The molecule has 5 heteroatoms. The number of rotatable bonds is 4. The van der Waals surface area contributed by atoms with E-state index in [9.17, 15) is 13.2 Å². The molecule has 0 N–H and O–H groups in total. The predicted molar refractivity (Wildman–Crippen MR) is 75.2 cm³/mol. The van der Waals surface area contributed by atoms with Crippen LogP contribution in [0.4, 0.5) is 13.2 Å². The van der Waals surface area contributed by atoms with E-state index < -0.39 is 6.36 Å². The van der Waals surface area contributed by atoms with Crippen LogP contribution < -0.4 is 9.47 Å². The molecule has 0 radical (unpaired) electrons. The molecule has 0 spiro atoms. The van der Waals surface area contributed by atoms with E-state index in [1.165, 1.54) is 19.2 Å². The minimum Gasteiger partial charge on any atom is -0.497 e. The van der Waals surface area contributed by atoms with Crippen LogP contribution >= 0.6 is 0 Å². The van der Waals surface area contributed by atoms with Crippen LogP contribution in [-0.4, -0.2) is 13.5 Å². The topological polar surface area (TPSA) is 18.5 Å². The van der Waals surface area contributed by atoms with Crippen molar-refractivity contribution < 1.29 is 22.6 Å². The smallest absolute Gasteiger partial charge is 0.497 e. The van der Waals surface area contributed by atoms with Crippen molar-refractivity contribution in [2.75, 3.05) is 7.11 Å². The number of alkyl halides is 3. The fourth-order valence-corrected chi connectivity index (χ4v) is 1.90. The summed E-state index contributed by atoms with van der Waals surface area (Å²) in [5.74, 6) is 0.288. The molecule has 0 aliphatic rings. The zero-order chi connectivity index (χ0) is 15.5. The molecule has 21 heavy (non-hydrogen) atoms. The predicted octanol–water partition coefficient (Wildman–Crippen LogP) is 4.90. The lowest BCUT2D eigenvalue weighted by molar-refractivity contribution is -0.274. The SMILES string of the molecule is C=Cc1ccc(OC(F)(F)F)c(-c2cccc(OC)c2)c1. The molecule has 0 atom stereocenters. The molecule has 110 valence electrons. The minimum absolute atomic E-state index is 0.263. The quantitative estimate of drug-likeness (QED) is 0.798. The third-order valence-corrected chi connectivity index (χ3v) is 2.85. The number of hydrogen-bond acceptors (Lipinski definition) is 2. The van der Waals surface area contributed by atoms with Crippen LogP contribution in [0, 0.1) is 0 Å². The Balaban J connectivity index is 2.55. The minimum atomic E-state index is -4.75. The highest BCUT2D eigenvalue weighted by atomic mass is 19.4. The number of halogens is 3. The third-order valence-electron chi connectivity index (χ3n) is 2.85. The van der Waals surface area contributed by atoms with Gasteiger partial charge in [0.1, 0.15) is 11.5 Å². The number of benzene rings is 2. The van der Waals surface area contributed by atoms with Crippen molar-refractivity contribution in [2.24, 2.45) is 0 Å². The van der Waals surface area contributed by atoms with Crippen molar-refractivity contribution in [3.8, 4) is 22.6 Å². The fraction of sp³-hybridized carbons (Fsp3) is 0.125. The molecule has 2 rings (SSSR count). The van der Waals surface area contributed by atoms with Gasteiger partial charge in [0.15, 0.2) is 0 Å². The summed E-state index contributed by atoms with van der Waals surface area (Å²) < 4.78 is 46.7. The summed E-state index contributed by atoms with van der Waals surface area (Å²) in [5, 5.41) is 0. The summed E-state index contributed by atoms with van der Waals surface area (Å²) in [5.41, 5.74) is 1.59. The summed E-state index contributed by atoms with van der Waals surface area (Å²) in [6.07, 6.45) is -3.19. The molecule has 0 aromatic heterocycles. The van der Waals surface area contributed by atoms with Crippen LogP contribution in [0.3, 0.4) is 0 Å². The summed E-state index contributed by atoms with van der Waals surface area (Å²) in [6.45, 7) is 3.62. The summed E-state index contributed by atoms with van der Waals surface area (Å²) in [7, 11) is 1.49. The van der Waals surface area contributed by atoms with Crippen molar-refractivity contribution in [1.82, 2.24) is 0 Å². The van der Waals surface area contributed by atoms with Crippen LogP contribution in [0.25, 0.3) is 17.2 Å². The van der Waals surface area contributed by atoms with Gasteiger partial charge in [-0.15, -0.1) is 13.2 Å². The van der Waals surface area contributed by atoms with Crippen LogP contribution in [-0.2, 0) is 0 Å². The maximum absolute atomic E-state index is 12.5. The second-order valence-corrected chi connectivity index (χ2v) is 4.24. The lowest BCUT2D eigenvalue weighted by Crippen LogP contribution is -2.17. The van der Waals surface area contributed by atoms with E-state index in [4.69, 9.17) is 4.74 Å². The highest BCUT2D eigenvalue weighted by Gasteiger charge is 2.32. The van der Waals surface area contributed by atoms with Crippen molar-refractivity contribution in [3.05, 3.63) is 54.6 Å². The maximum Gasteiger partial charge on any atom is 0.573 e. The Morgan fingerprint density at radius 2 is 1.86 bits per heavy atom. The van der Waals surface area contributed by atoms with Crippen molar-refractivity contribution in [1.29, 1.82) is 0 Å². The average Bonchev–Trinajstić information content (AvgIpc) is 2.46. The van der Waals surface area contributed by atoms with Crippen molar-refractivity contribution in [3.63, 3.8) is 0 Å². The molecule has 2 aromatic rings. The van der Waals surface area contributed by atoms with E-state index in [0.717, 1.165) is 0 Å². The van der Waals surface area contributed by atoms with Crippen LogP contribution in [0.2, 0.25) is 0 Å². The van der Waals surface area contributed by atoms with Gasteiger partial charge >= 0.3 is 6.36 Å². The largest absolute Gasteiger partial charge is 0.573 e. The molecule has 0 heterocycles. The first-order valence-corrected chi connectivity index (χ1v) is 6.09. The normalized spacial score (nSPS) is 11.0. The average molecular weight is 294 g/mol. The number of methoxy groups -OCH3 is 1. The second-order valence-electron chi connectivity index (χ2n) is 4.24. The van der Waals surface area contributed by atoms with Gasteiger partial charge < -0.3 is 9.47 Å². The number of hydrogen-bond donors (Lipinski definition) is 0. The molecule has 2 aromatic carbocycles. The van der Waals surface area contributed by atoms with Gasteiger partial charge in [-0.1, -0.05) is 30.9 Å². The first kappa shape index (κ1) is 15.0. The first-order valence-electron chi connectivity index (χ1n) is 6.09. The first-order chi connectivity index (χ1) is 9.93. The van der Waals surface area contributed by atoms with Crippen LogP contribution in [0.15, 0.2) is 49.0 Å². The second kappa shape index (κ2) is 5.91. The molecule has 0 saturated heterocycles. The Hall–Kier alpha value is -2.43. The highest BCUT2D eigenvalue weighted by molar-refractivity contribution is 5.74. The van der Waals surface area contributed by atoms with Crippen LogP contribution in [0.1, 0.15) is 5.56 Å². The lowest BCUT2D eigenvalue weighted by atomic mass is 10.0. The van der Waals surface area contributed by atoms with Gasteiger partial charge in [-0.25, -0.2) is 0 Å².